The third kappa shape index (κ3) is 7.76. The summed E-state index contributed by atoms with van der Waals surface area (Å²) in [6.45, 7) is 4.06. The number of para-hydroxylation sites is 2. The van der Waals surface area contributed by atoms with Crippen molar-refractivity contribution in [2.75, 3.05) is 0 Å². The van der Waals surface area contributed by atoms with Crippen LogP contribution in [0, 0.1) is 0 Å². The van der Waals surface area contributed by atoms with Gasteiger partial charge in [0.05, 0.1) is 6.42 Å². The molecule has 0 aromatic heterocycles. The average Bonchev–Trinajstić information content (AvgIpc) is 2.75. The van der Waals surface area contributed by atoms with Gasteiger partial charge in [0.1, 0.15) is 11.5 Å². The molecule has 7 nitrogen and oxygen atoms in total. The molecule has 1 N–H and O–H groups in total. The van der Waals surface area contributed by atoms with E-state index < -0.39 is 33.7 Å². The first-order valence-electron chi connectivity index (χ1n) is 10.8. The average molecular weight is 463 g/mol. The Bertz CT molecular complexity index is 1010. The van der Waals surface area contributed by atoms with E-state index in [9.17, 15) is 22.6 Å². The van der Waals surface area contributed by atoms with Gasteiger partial charge >= 0.3 is 11.9 Å². The molecule has 2 rings (SSSR count). The van der Waals surface area contributed by atoms with E-state index in [4.69, 9.17) is 9.47 Å². The number of rotatable bonds is 12. The summed E-state index contributed by atoms with van der Waals surface area (Å²) in [5.74, 6) is -1.67. The van der Waals surface area contributed by atoms with E-state index in [1.165, 1.54) is 0 Å². The highest BCUT2D eigenvalue weighted by molar-refractivity contribution is 7.87. The fraction of sp³-hybridized carbons (Fsp3) is 0.417. The van der Waals surface area contributed by atoms with E-state index in [1.807, 2.05) is 26.0 Å². The minimum Gasteiger partial charge on any atom is -0.426 e. The first-order chi connectivity index (χ1) is 15.3. The summed E-state index contributed by atoms with van der Waals surface area (Å²) in [6.07, 6.45) is 4.12. The number of unbranched alkanes of at least 4 members (excludes halogenated alkanes) is 2. The van der Waals surface area contributed by atoms with Crippen LogP contribution in [0.15, 0.2) is 48.5 Å². The van der Waals surface area contributed by atoms with Gasteiger partial charge in [-0.05, 0) is 48.9 Å². The van der Waals surface area contributed by atoms with Crippen molar-refractivity contribution in [1.29, 1.82) is 0 Å². The fourth-order valence-corrected chi connectivity index (χ4v) is 3.79. The molecule has 0 saturated carbocycles. The van der Waals surface area contributed by atoms with E-state index in [-0.39, 0.29) is 5.75 Å². The van der Waals surface area contributed by atoms with Gasteiger partial charge in [-0.15, -0.1) is 0 Å². The molecule has 1 atom stereocenters. The molecule has 0 amide bonds. The summed E-state index contributed by atoms with van der Waals surface area (Å²) in [4.78, 5) is 25.1. The highest BCUT2D eigenvalue weighted by Gasteiger charge is 2.36. The molecule has 32 heavy (non-hydrogen) atoms. The SMILES string of the molecule is CCCCc1ccccc1OC(=O)CC(C(=O)Oc1ccccc1CCCC)S(=O)(=O)O. The van der Waals surface area contributed by atoms with Crippen LogP contribution in [-0.4, -0.2) is 30.2 Å². The predicted molar refractivity (Wildman–Crippen MR) is 121 cm³/mol. The Hall–Kier alpha value is -2.71. The lowest BCUT2D eigenvalue weighted by Crippen LogP contribution is -2.36. The van der Waals surface area contributed by atoms with Gasteiger partial charge in [0.2, 0.25) is 0 Å². The second-order valence-electron chi connectivity index (χ2n) is 7.53. The number of esters is 2. The maximum Gasteiger partial charge on any atom is 0.332 e. The van der Waals surface area contributed by atoms with Crippen molar-refractivity contribution < 1.29 is 32.0 Å². The summed E-state index contributed by atoms with van der Waals surface area (Å²) in [5.41, 5.74) is 1.54. The standard InChI is InChI=1S/C24H30O7S/c1-3-5-11-18-13-7-9-15-20(18)30-23(25)17-22(32(27,28)29)24(26)31-21-16-10-8-14-19(21)12-6-4-2/h7-10,13-16,22H,3-6,11-12,17H2,1-2H3,(H,27,28,29). The van der Waals surface area contributed by atoms with Crippen LogP contribution in [0.25, 0.3) is 0 Å². The van der Waals surface area contributed by atoms with Crippen molar-refractivity contribution in [3.8, 4) is 11.5 Å². The predicted octanol–water partition coefficient (Wildman–Crippen LogP) is 4.53. The molecule has 1 unspecified atom stereocenters. The summed E-state index contributed by atoms with van der Waals surface area (Å²) in [5, 5.41) is -2.09. The van der Waals surface area contributed by atoms with Crippen molar-refractivity contribution in [2.24, 2.45) is 0 Å². The molecule has 8 heteroatoms. The van der Waals surface area contributed by atoms with Gasteiger partial charge in [-0.1, -0.05) is 63.1 Å². The van der Waals surface area contributed by atoms with Gasteiger partial charge in [0.15, 0.2) is 5.25 Å². The second-order valence-corrected chi connectivity index (χ2v) is 9.12. The molecule has 0 bridgehead atoms. The number of aryl methyl sites for hydroxylation is 2. The Balaban J connectivity index is 2.15. The van der Waals surface area contributed by atoms with Crippen molar-refractivity contribution in [1.82, 2.24) is 0 Å². The van der Waals surface area contributed by atoms with Crippen LogP contribution in [0.4, 0.5) is 0 Å². The quantitative estimate of drug-likeness (QED) is 0.280. The molecule has 0 aliphatic rings. The number of benzene rings is 2. The largest absolute Gasteiger partial charge is 0.426 e. The topological polar surface area (TPSA) is 107 Å². The van der Waals surface area contributed by atoms with Gasteiger partial charge in [-0.2, -0.15) is 8.42 Å². The van der Waals surface area contributed by atoms with Crippen molar-refractivity contribution >= 4 is 22.1 Å². The smallest absolute Gasteiger partial charge is 0.332 e. The van der Waals surface area contributed by atoms with Crippen LogP contribution in [0.2, 0.25) is 0 Å². The van der Waals surface area contributed by atoms with Gasteiger partial charge in [-0.25, -0.2) is 0 Å². The monoisotopic (exact) mass is 462 g/mol. The molecule has 0 saturated heterocycles. The zero-order valence-corrected chi connectivity index (χ0v) is 19.3. The summed E-state index contributed by atoms with van der Waals surface area (Å²) in [6, 6.07) is 13.7. The first kappa shape index (κ1) is 25.5. The Morgan fingerprint density at radius 2 is 1.31 bits per heavy atom. The van der Waals surface area contributed by atoms with Crippen LogP contribution in [0.1, 0.15) is 57.1 Å². The molecule has 174 valence electrons. The Kier molecular flexibility index (Phi) is 9.87. The van der Waals surface area contributed by atoms with Crippen molar-refractivity contribution in [2.45, 2.75) is 64.0 Å². The lowest BCUT2D eigenvalue weighted by molar-refractivity contribution is -0.140. The minimum absolute atomic E-state index is 0.206. The Morgan fingerprint density at radius 1 is 0.844 bits per heavy atom. The zero-order chi connectivity index (χ0) is 23.6. The van der Waals surface area contributed by atoms with Crippen LogP contribution >= 0.6 is 0 Å². The van der Waals surface area contributed by atoms with Crippen LogP contribution < -0.4 is 9.47 Å². The lowest BCUT2D eigenvalue weighted by Gasteiger charge is -2.15. The molecule has 0 aliphatic heterocycles. The number of hydrogen-bond donors (Lipinski definition) is 1. The van der Waals surface area contributed by atoms with Crippen molar-refractivity contribution in [3.05, 3.63) is 59.7 Å². The Labute approximate surface area is 189 Å². The fourth-order valence-electron chi connectivity index (χ4n) is 3.15. The van der Waals surface area contributed by atoms with Crippen LogP contribution in [-0.2, 0) is 32.5 Å². The zero-order valence-electron chi connectivity index (χ0n) is 18.5. The molecule has 0 aliphatic carbocycles. The molecule has 2 aromatic rings. The number of hydrogen-bond acceptors (Lipinski definition) is 6. The van der Waals surface area contributed by atoms with E-state index in [0.717, 1.165) is 36.8 Å². The summed E-state index contributed by atoms with van der Waals surface area (Å²) >= 11 is 0. The molecule has 0 fully saturated rings. The van der Waals surface area contributed by atoms with Gasteiger partial charge < -0.3 is 9.47 Å². The second kappa shape index (κ2) is 12.4. The highest BCUT2D eigenvalue weighted by atomic mass is 32.2. The van der Waals surface area contributed by atoms with E-state index >= 15 is 0 Å². The molecule has 0 heterocycles. The van der Waals surface area contributed by atoms with Gasteiger partial charge in [-0.3, -0.25) is 14.1 Å². The molecular formula is C24H30O7S. The maximum absolute atomic E-state index is 12.6. The summed E-state index contributed by atoms with van der Waals surface area (Å²) in [7, 11) is -4.90. The van der Waals surface area contributed by atoms with Crippen molar-refractivity contribution in [3.63, 3.8) is 0 Å². The highest BCUT2D eigenvalue weighted by Crippen LogP contribution is 2.24. The number of carbonyl (C=O) groups is 2. The Morgan fingerprint density at radius 3 is 1.78 bits per heavy atom. The van der Waals surface area contributed by atoms with Gasteiger partial charge in [0.25, 0.3) is 10.1 Å². The number of carbonyl (C=O) groups excluding carboxylic acids is 2. The molecule has 2 aromatic carbocycles. The lowest BCUT2D eigenvalue weighted by atomic mass is 10.1. The van der Waals surface area contributed by atoms with Crippen LogP contribution in [0.3, 0.4) is 0 Å². The number of ether oxygens (including phenoxy) is 2. The minimum atomic E-state index is -4.90. The molecule has 0 spiro atoms. The third-order valence-corrected chi connectivity index (χ3v) is 6.03. The maximum atomic E-state index is 12.6. The van der Waals surface area contributed by atoms with E-state index in [1.54, 1.807) is 36.4 Å². The summed E-state index contributed by atoms with van der Waals surface area (Å²) < 4.78 is 43.9. The van der Waals surface area contributed by atoms with Gasteiger partial charge in [0, 0.05) is 0 Å². The normalized spacial score (nSPS) is 12.2. The van der Waals surface area contributed by atoms with Crippen LogP contribution in [0.5, 0.6) is 11.5 Å². The molecule has 0 radical (unpaired) electrons. The third-order valence-electron chi connectivity index (χ3n) is 4.95. The van der Waals surface area contributed by atoms with E-state index in [0.29, 0.717) is 18.6 Å². The van der Waals surface area contributed by atoms with E-state index in [2.05, 4.69) is 0 Å². The molecular weight excluding hydrogens is 432 g/mol. The first-order valence-corrected chi connectivity index (χ1v) is 12.3.